The third kappa shape index (κ3) is 5.30. The summed E-state index contributed by atoms with van der Waals surface area (Å²) in [7, 11) is 0. The maximum Gasteiger partial charge on any atom is 0.234 e. The number of benzene rings is 2. The van der Waals surface area contributed by atoms with Crippen molar-refractivity contribution in [1.29, 1.82) is 0 Å². The Hall–Kier alpha value is -2.40. The van der Waals surface area contributed by atoms with Crippen LogP contribution in [0.1, 0.15) is 30.5 Å². The normalized spacial score (nSPS) is 16.2. The summed E-state index contributed by atoms with van der Waals surface area (Å²) in [5.41, 5.74) is 3.41. The fourth-order valence-corrected chi connectivity index (χ4v) is 3.48. The summed E-state index contributed by atoms with van der Waals surface area (Å²) >= 11 is 0. The monoisotopic (exact) mass is 369 g/mol. The van der Waals surface area contributed by atoms with Crippen molar-refractivity contribution in [3.05, 3.63) is 65.5 Å². The summed E-state index contributed by atoms with van der Waals surface area (Å²) in [6, 6.07) is 15.0. The smallest absolute Gasteiger partial charge is 0.234 e. The summed E-state index contributed by atoms with van der Waals surface area (Å²) in [4.78, 5) is 16.9. The molecular weight excluding hydrogens is 341 g/mol. The number of amides is 1. The molecule has 1 aliphatic rings. The average Bonchev–Trinajstić information content (AvgIpc) is 2.68. The molecular formula is C22H28FN3O. The second-order valence-corrected chi connectivity index (χ2v) is 7.18. The van der Waals surface area contributed by atoms with Gasteiger partial charge in [0.1, 0.15) is 5.82 Å². The van der Waals surface area contributed by atoms with Crippen molar-refractivity contribution in [3.8, 4) is 0 Å². The summed E-state index contributed by atoms with van der Waals surface area (Å²) in [5, 5.41) is 3.16. The molecule has 1 saturated heterocycles. The molecule has 27 heavy (non-hydrogen) atoms. The molecule has 0 bridgehead atoms. The number of carbonyl (C=O) groups excluding carboxylic acids is 1. The molecule has 0 spiro atoms. The first kappa shape index (κ1) is 19.4. The van der Waals surface area contributed by atoms with E-state index in [0.29, 0.717) is 6.54 Å². The van der Waals surface area contributed by atoms with Crippen LogP contribution in [0.3, 0.4) is 0 Å². The van der Waals surface area contributed by atoms with Crippen molar-refractivity contribution in [2.24, 2.45) is 0 Å². The first-order chi connectivity index (χ1) is 13.0. The first-order valence-corrected chi connectivity index (χ1v) is 9.64. The van der Waals surface area contributed by atoms with Crippen LogP contribution >= 0.6 is 0 Å². The van der Waals surface area contributed by atoms with Crippen molar-refractivity contribution in [2.45, 2.75) is 26.3 Å². The van der Waals surface area contributed by atoms with E-state index < -0.39 is 0 Å². The van der Waals surface area contributed by atoms with E-state index in [-0.39, 0.29) is 17.8 Å². The van der Waals surface area contributed by atoms with Gasteiger partial charge < -0.3 is 10.2 Å². The number of nitrogens with one attached hydrogen (secondary N) is 1. The summed E-state index contributed by atoms with van der Waals surface area (Å²) in [5.74, 6) is -0.147. The number of halogens is 1. The minimum atomic E-state index is -0.215. The average molecular weight is 369 g/mol. The van der Waals surface area contributed by atoms with E-state index in [2.05, 4.69) is 53.2 Å². The number of piperazine rings is 1. The largest absolute Gasteiger partial charge is 0.369 e. The molecule has 1 aliphatic heterocycles. The van der Waals surface area contributed by atoms with Crippen LogP contribution in [0.2, 0.25) is 0 Å². The van der Waals surface area contributed by atoms with Crippen LogP contribution < -0.4 is 10.2 Å². The van der Waals surface area contributed by atoms with Gasteiger partial charge in [-0.25, -0.2) is 4.39 Å². The fraction of sp³-hybridized carbons (Fsp3) is 0.409. The number of carbonyl (C=O) groups is 1. The summed E-state index contributed by atoms with van der Waals surface area (Å²) in [6.07, 6.45) is 0.868. The Morgan fingerprint density at radius 1 is 1.04 bits per heavy atom. The number of anilines is 1. The maximum absolute atomic E-state index is 13.1. The molecule has 1 heterocycles. The van der Waals surface area contributed by atoms with Crippen LogP contribution in [0.25, 0.3) is 0 Å². The molecule has 1 N–H and O–H groups in total. The molecule has 0 aliphatic carbocycles. The number of hydrogen-bond donors (Lipinski definition) is 1. The van der Waals surface area contributed by atoms with Gasteiger partial charge in [-0.05, 0) is 43.2 Å². The molecule has 4 nitrogen and oxygen atoms in total. The zero-order valence-electron chi connectivity index (χ0n) is 16.1. The van der Waals surface area contributed by atoms with E-state index >= 15 is 0 Å². The van der Waals surface area contributed by atoms with E-state index in [1.165, 1.54) is 17.7 Å². The second kappa shape index (κ2) is 9.00. The number of hydrogen-bond acceptors (Lipinski definition) is 3. The van der Waals surface area contributed by atoms with Gasteiger partial charge in [-0.3, -0.25) is 9.69 Å². The van der Waals surface area contributed by atoms with Crippen LogP contribution in [-0.2, 0) is 4.79 Å². The number of nitrogens with zero attached hydrogens (tertiary/aromatic N) is 2. The third-order valence-corrected chi connectivity index (χ3v) is 5.15. The molecule has 0 saturated carbocycles. The van der Waals surface area contributed by atoms with Crippen LogP contribution in [0.5, 0.6) is 0 Å². The zero-order chi connectivity index (χ0) is 19.2. The SMILES string of the molecule is CC[C@H](NC(=O)CN1CCN(c2ccc(F)cc2)CC1)c1ccc(C)cc1. The van der Waals surface area contributed by atoms with Gasteiger partial charge in [-0.1, -0.05) is 36.8 Å². The molecule has 2 aromatic rings. The van der Waals surface area contributed by atoms with Gasteiger partial charge in [-0.15, -0.1) is 0 Å². The minimum absolute atomic E-state index is 0.0543. The highest BCUT2D eigenvalue weighted by Crippen LogP contribution is 2.18. The fourth-order valence-electron chi connectivity index (χ4n) is 3.48. The highest BCUT2D eigenvalue weighted by Gasteiger charge is 2.20. The van der Waals surface area contributed by atoms with Gasteiger partial charge in [-0.2, -0.15) is 0 Å². The lowest BCUT2D eigenvalue weighted by molar-refractivity contribution is -0.123. The van der Waals surface area contributed by atoms with E-state index in [1.807, 2.05) is 12.1 Å². The lowest BCUT2D eigenvalue weighted by Crippen LogP contribution is -2.49. The summed E-state index contributed by atoms with van der Waals surface area (Å²) in [6.45, 7) is 7.90. The third-order valence-electron chi connectivity index (χ3n) is 5.15. The van der Waals surface area contributed by atoms with E-state index in [4.69, 9.17) is 0 Å². The highest BCUT2D eigenvalue weighted by atomic mass is 19.1. The van der Waals surface area contributed by atoms with Crippen molar-refractivity contribution in [3.63, 3.8) is 0 Å². The van der Waals surface area contributed by atoms with Crippen LogP contribution in [-0.4, -0.2) is 43.5 Å². The predicted molar refractivity (Wildman–Crippen MR) is 107 cm³/mol. The molecule has 3 rings (SSSR count). The van der Waals surface area contributed by atoms with Crippen LogP contribution in [0.15, 0.2) is 48.5 Å². The molecule has 0 unspecified atom stereocenters. The van der Waals surface area contributed by atoms with Gasteiger partial charge in [0.15, 0.2) is 0 Å². The van der Waals surface area contributed by atoms with Gasteiger partial charge in [0.2, 0.25) is 5.91 Å². The lowest BCUT2D eigenvalue weighted by Gasteiger charge is -2.36. The summed E-state index contributed by atoms with van der Waals surface area (Å²) < 4.78 is 13.1. The van der Waals surface area contributed by atoms with Crippen molar-refractivity contribution in [2.75, 3.05) is 37.6 Å². The highest BCUT2D eigenvalue weighted by molar-refractivity contribution is 5.78. The Labute approximate surface area is 161 Å². The molecule has 144 valence electrons. The van der Waals surface area contributed by atoms with Gasteiger partial charge in [0.05, 0.1) is 12.6 Å². The van der Waals surface area contributed by atoms with E-state index in [0.717, 1.165) is 43.9 Å². The molecule has 1 amide bonds. The maximum atomic E-state index is 13.1. The second-order valence-electron chi connectivity index (χ2n) is 7.18. The Morgan fingerprint density at radius 2 is 1.67 bits per heavy atom. The number of aryl methyl sites for hydroxylation is 1. The van der Waals surface area contributed by atoms with Crippen molar-refractivity contribution < 1.29 is 9.18 Å². The van der Waals surface area contributed by atoms with Gasteiger partial charge in [0, 0.05) is 31.9 Å². The molecule has 0 radical (unpaired) electrons. The molecule has 1 atom stereocenters. The van der Waals surface area contributed by atoms with E-state index in [9.17, 15) is 9.18 Å². The van der Waals surface area contributed by atoms with Crippen LogP contribution in [0.4, 0.5) is 10.1 Å². The van der Waals surface area contributed by atoms with Crippen molar-refractivity contribution >= 4 is 11.6 Å². The predicted octanol–water partition coefficient (Wildman–Crippen LogP) is 3.52. The Morgan fingerprint density at radius 3 is 2.26 bits per heavy atom. The molecule has 2 aromatic carbocycles. The Kier molecular flexibility index (Phi) is 6.45. The van der Waals surface area contributed by atoms with Gasteiger partial charge >= 0.3 is 0 Å². The first-order valence-electron chi connectivity index (χ1n) is 9.64. The Bertz CT molecular complexity index is 737. The van der Waals surface area contributed by atoms with Crippen LogP contribution in [0, 0.1) is 12.7 Å². The van der Waals surface area contributed by atoms with E-state index in [1.54, 1.807) is 0 Å². The number of rotatable bonds is 6. The zero-order valence-corrected chi connectivity index (χ0v) is 16.1. The standard InChI is InChI=1S/C22H28FN3O/c1-3-21(18-6-4-17(2)5-7-18)24-22(27)16-25-12-14-26(15-13-25)20-10-8-19(23)9-11-20/h4-11,21H,3,12-16H2,1-2H3,(H,24,27)/t21-/m0/s1. The van der Waals surface area contributed by atoms with Gasteiger partial charge in [0.25, 0.3) is 0 Å². The quantitative estimate of drug-likeness (QED) is 0.846. The topological polar surface area (TPSA) is 35.6 Å². The van der Waals surface area contributed by atoms with Crippen molar-refractivity contribution in [1.82, 2.24) is 10.2 Å². The Balaban J connectivity index is 1.48. The molecule has 0 aromatic heterocycles. The molecule has 5 heteroatoms. The minimum Gasteiger partial charge on any atom is -0.369 e. The molecule has 1 fully saturated rings. The lowest BCUT2D eigenvalue weighted by atomic mass is 10.0.